The molecule has 1 unspecified atom stereocenters. The van der Waals surface area contributed by atoms with Gasteiger partial charge in [0, 0.05) is 31.1 Å². The Morgan fingerprint density at radius 1 is 0.939 bits per heavy atom. The molecule has 0 aromatic heterocycles. The molecule has 0 aliphatic carbocycles. The highest BCUT2D eigenvalue weighted by Gasteiger charge is 2.37. The molecule has 0 aliphatic rings. The second-order valence-corrected chi connectivity index (χ2v) is 12.2. The van der Waals surface area contributed by atoms with Crippen molar-refractivity contribution in [3.05, 3.63) is 0 Å². The van der Waals surface area contributed by atoms with Gasteiger partial charge in [-0.1, -0.05) is 61.8 Å². The van der Waals surface area contributed by atoms with Gasteiger partial charge in [0.15, 0.2) is 0 Å². The predicted octanol–water partition coefficient (Wildman–Crippen LogP) is 5.62. The van der Waals surface area contributed by atoms with E-state index in [1.165, 1.54) is 0 Å². The van der Waals surface area contributed by atoms with E-state index in [-0.39, 0.29) is 29.4 Å². The first kappa shape index (κ1) is 31.4. The van der Waals surface area contributed by atoms with E-state index < -0.39 is 5.41 Å². The number of carbonyl (C=O) groups is 2. The Kier molecular flexibility index (Phi) is 13.3. The number of amides is 2. The van der Waals surface area contributed by atoms with E-state index >= 15 is 0 Å². The Hall–Kier alpha value is -1.59. The highest BCUT2D eigenvalue weighted by atomic mass is 16.2. The molecule has 0 radical (unpaired) electrons. The zero-order valence-electron chi connectivity index (χ0n) is 23.7. The summed E-state index contributed by atoms with van der Waals surface area (Å²) in [6, 6.07) is 0.0551. The lowest BCUT2D eigenvalue weighted by atomic mass is 9.79. The van der Waals surface area contributed by atoms with Crippen LogP contribution in [0.4, 0.5) is 0 Å². The third kappa shape index (κ3) is 13.0. The van der Waals surface area contributed by atoms with Crippen molar-refractivity contribution in [2.24, 2.45) is 28.3 Å². The first-order valence-electron chi connectivity index (χ1n) is 12.9. The molecule has 6 nitrogen and oxygen atoms in total. The van der Waals surface area contributed by atoms with E-state index in [9.17, 15) is 9.59 Å². The lowest BCUT2D eigenvalue weighted by Gasteiger charge is -2.39. The fourth-order valence-corrected chi connectivity index (χ4v) is 4.19. The summed E-state index contributed by atoms with van der Waals surface area (Å²) in [6.07, 6.45) is 5.85. The molecule has 0 saturated heterocycles. The van der Waals surface area contributed by atoms with Crippen molar-refractivity contribution in [2.75, 3.05) is 7.05 Å². The van der Waals surface area contributed by atoms with Crippen LogP contribution in [0.2, 0.25) is 0 Å². The molecule has 0 saturated carbocycles. The van der Waals surface area contributed by atoms with Gasteiger partial charge in [0.2, 0.25) is 11.8 Å². The van der Waals surface area contributed by atoms with Gasteiger partial charge in [-0.15, -0.1) is 0 Å². The van der Waals surface area contributed by atoms with Gasteiger partial charge in [0.25, 0.3) is 0 Å². The maximum atomic E-state index is 13.0. The first-order chi connectivity index (χ1) is 15.0. The van der Waals surface area contributed by atoms with E-state index in [4.69, 9.17) is 5.10 Å². The summed E-state index contributed by atoms with van der Waals surface area (Å²) in [6.45, 7) is 23.1. The lowest BCUT2D eigenvalue weighted by molar-refractivity contribution is -0.132. The molecule has 2 N–H and O–H groups in total. The SMILES string of the molecule is CC[C@H](C)CC(=O)N[C@@H](/C=N/N(C)C(C)(C)CC(C)(C)C(=O)NC(C)CC(C)C)CC(C)C. The average Bonchev–Trinajstić information content (AvgIpc) is 2.63. The van der Waals surface area contributed by atoms with Crippen LogP contribution >= 0.6 is 0 Å². The van der Waals surface area contributed by atoms with E-state index in [2.05, 4.69) is 72.9 Å². The summed E-state index contributed by atoms with van der Waals surface area (Å²) < 4.78 is 0. The highest BCUT2D eigenvalue weighted by Crippen LogP contribution is 2.32. The van der Waals surface area contributed by atoms with Crippen molar-refractivity contribution in [2.45, 2.75) is 126 Å². The van der Waals surface area contributed by atoms with E-state index in [0.29, 0.717) is 30.6 Å². The van der Waals surface area contributed by atoms with Crippen LogP contribution < -0.4 is 10.6 Å². The molecule has 3 atom stereocenters. The van der Waals surface area contributed by atoms with Gasteiger partial charge in [-0.05, 0) is 57.8 Å². The fourth-order valence-electron chi connectivity index (χ4n) is 4.19. The first-order valence-corrected chi connectivity index (χ1v) is 12.9. The second-order valence-electron chi connectivity index (χ2n) is 12.2. The Morgan fingerprint density at radius 3 is 1.97 bits per heavy atom. The summed E-state index contributed by atoms with van der Waals surface area (Å²) >= 11 is 0. The maximum Gasteiger partial charge on any atom is 0.225 e. The molecule has 0 aliphatic heterocycles. The van der Waals surface area contributed by atoms with E-state index in [1.807, 2.05) is 32.1 Å². The normalized spacial score (nSPS) is 15.6. The molecule has 0 rings (SSSR count). The Labute approximate surface area is 204 Å². The minimum atomic E-state index is -0.527. The van der Waals surface area contributed by atoms with Gasteiger partial charge in [-0.25, -0.2) is 0 Å². The summed E-state index contributed by atoms with van der Waals surface area (Å²) in [5.74, 6) is 1.52. The molecule has 0 aromatic carbocycles. The number of nitrogens with one attached hydrogen (secondary N) is 2. The van der Waals surface area contributed by atoms with Crippen molar-refractivity contribution < 1.29 is 9.59 Å². The van der Waals surface area contributed by atoms with Gasteiger partial charge in [0.1, 0.15) is 0 Å². The lowest BCUT2D eigenvalue weighted by Crippen LogP contribution is -2.49. The molecular formula is C27H54N4O2. The van der Waals surface area contributed by atoms with E-state index in [1.54, 1.807) is 0 Å². The molecule has 194 valence electrons. The van der Waals surface area contributed by atoms with Crippen LogP contribution in [0.25, 0.3) is 0 Å². The molecule has 2 amide bonds. The molecular weight excluding hydrogens is 412 g/mol. The van der Waals surface area contributed by atoms with Crippen LogP contribution in [0.5, 0.6) is 0 Å². The Balaban J connectivity index is 5.21. The van der Waals surface area contributed by atoms with Gasteiger partial charge < -0.3 is 10.6 Å². The van der Waals surface area contributed by atoms with E-state index in [0.717, 1.165) is 19.3 Å². The molecule has 0 spiro atoms. The summed E-state index contributed by atoms with van der Waals surface area (Å²) in [5.41, 5.74) is -0.859. The second kappa shape index (κ2) is 14.0. The molecule has 6 heteroatoms. The van der Waals surface area contributed by atoms with Crippen LogP contribution in [0.3, 0.4) is 0 Å². The van der Waals surface area contributed by atoms with Crippen molar-refractivity contribution in [3.8, 4) is 0 Å². The van der Waals surface area contributed by atoms with Crippen LogP contribution in [-0.4, -0.2) is 47.7 Å². The number of carbonyl (C=O) groups excluding carboxylic acids is 2. The minimum Gasteiger partial charge on any atom is -0.353 e. The maximum absolute atomic E-state index is 13.0. The predicted molar refractivity (Wildman–Crippen MR) is 141 cm³/mol. The van der Waals surface area contributed by atoms with Gasteiger partial charge >= 0.3 is 0 Å². The standard InChI is InChI=1S/C27H54N4O2/c1-13-21(6)16-24(32)30-23(15-20(4)5)17-28-31(12)27(10,11)18-26(8,9)25(33)29-22(7)14-19(2)3/h17,19-23H,13-16,18H2,1-12H3,(H,29,33)(H,30,32)/b28-17+/t21-,22?,23+/m0/s1. The van der Waals surface area contributed by atoms with Crippen molar-refractivity contribution in [1.82, 2.24) is 15.6 Å². The largest absolute Gasteiger partial charge is 0.353 e. The number of nitrogens with zero attached hydrogens (tertiary/aromatic N) is 2. The zero-order chi connectivity index (χ0) is 26.0. The molecule has 0 aromatic rings. The monoisotopic (exact) mass is 466 g/mol. The van der Waals surface area contributed by atoms with Crippen molar-refractivity contribution in [3.63, 3.8) is 0 Å². The Morgan fingerprint density at radius 2 is 1.48 bits per heavy atom. The fraction of sp³-hybridized carbons (Fsp3) is 0.889. The Bertz CT molecular complexity index is 626. The smallest absolute Gasteiger partial charge is 0.225 e. The number of hydrazone groups is 1. The number of rotatable bonds is 15. The van der Waals surface area contributed by atoms with Gasteiger partial charge in [-0.3, -0.25) is 14.6 Å². The molecule has 0 heterocycles. The molecule has 0 fully saturated rings. The third-order valence-electron chi connectivity index (χ3n) is 6.29. The number of hydrogen-bond donors (Lipinski definition) is 2. The zero-order valence-corrected chi connectivity index (χ0v) is 23.7. The van der Waals surface area contributed by atoms with Crippen LogP contribution in [0.15, 0.2) is 5.10 Å². The summed E-state index contributed by atoms with van der Waals surface area (Å²) in [7, 11) is 1.94. The van der Waals surface area contributed by atoms with Crippen molar-refractivity contribution in [1.29, 1.82) is 0 Å². The molecule has 33 heavy (non-hydrogen) atoms. The van der Waals surface area contributed by atoms with Gasteiger partial charge in [-0.2, -0.15) is 5.10 Å². The third-order valence-corrected chi connectivity index (χ3v) is 6.29. The van der Waals surface area contributed by atoms with Crippen LogP contribution in [-0.2, 0) is 9.59 Å². The quantitative estimate of drug-likeness (QED) is 0.243. The van der Waals surface area contributed by atoms with Crippen LogP contribution in [0, 0.1) is 23.2 Å². The average molecular weight is 467 g/mol. The topological polar surface area (TPSA) is 73.8 Å². The minimum absolute atomic E-state index is 0.0797. The van der Waals surface area contributed by atoms with Crippen molar-refractivity contribution >= 4 is 18.0 Å². The van der Waals surface area contributed by atoms with Gasteiger partial charge in [0.05, 0.1) is 11.6 Å². The number of hydrogen-bond acceptors (Lipinski definition) is 4. The summed E-state index contributed by atoms with van der Waals surface area (Å²) in [5, 5.41) is 13.0. The highest BCUT2D eigenvalue weighted by molar-refractivity contribution is 5.82. The van der Waals surface area contributed by atoms with Crippen LogP contribution in [0.1, 0.15) is 108 Å². The summed E-state index contributed by atoms with van der Waals surface area (Å²) in [4.78, 5) is 25.4. The molecule has 0 bridgehead atoms.